The van der Waals surface area contributed by atoms with Gasteiger partial charge < -0.3 is 10.8 Å². The first kappa shape index (κ1) is 13.5. The Bertz CT molecular complexity index is 717. The van der Waals surface area contributed by atoms with Crippen molar-refractivity contribution in [2.75, 3.05) is 6.26 Å². The molecule has 0 saturated carbocycles. The van der Waals surface area contributed by atoms with Crippen LogP contribution in [-0.2, 0) is 5.60 Å². The molecule has 1 unspecified atom stereocenters. The molecule has 3 N–H and O–H groups in total. The van der Waals surface area contributed by atoms with Crippen LogP contribution in [0.3, 0.4) is 0 Å². The number of amidine groups is 1. The van der Waals surface area contributed by atoms with E-state index in [1.165, 1.54) is 0 Å². The van der Waals surface area contributed by atoms with Gasteiger partial charge in [0.25, 0.3) is 0 Å². The average molecular weight is 305 g/mol. The van der Waals surface area contributed by atoms with Crippen molar-refractivity contribution in [3.8, 4) is 0 Å². The predicted octanol–water partition coefficient (Wildman–Crippen LogP) is 3.30. The number of hydrogen-bond donors (Lipinski definition) is 2. The summed E-state index contributed by atoms with van der Waals surface area (Å²) in [6, 6.07) is 12.9. The number of fused-ring (bicyclic) bond motifs is 1. The summed E-state index contributed by atoms with van der Waals surface area (Å²) in [6.07, 6.45) is 1.96. The van der Waals surface area contributed by atoms with Gasteiger partial charge in [-0.25, -0.2) is 4.99 Å². The second-order valence-corrected chi connectivity index (χ2v) is 5.85. The fourth-order valence-corrected chi connectivity index (χ4v) is 3.29. The summed E-state index contributed by atoms with van der Waals surface area (Å²) in [5.41, 5.74) is 6.62. The van der Waals surface area contributed by atoms with E-state index in [9.17, 15) is 5.11 Å². The van der Waals surface area contributed by atoms with Crippen molar-refractivity contribution in [2.45, 2.75) is 10.5 Å². The molecule has 0 spiro atoms. The second kappa shape index (κ2) is 4.81. The highest BCUT2D eigenvalue weighted by Crippen LogP contribution is 2.45. The summed E-state index contributed by atoms with van der Waals surface area (Å²) < 4.78 is 0. The van der Waals surface area contributed by atoms with Crippen LogP contribution < -0.4 is 5.73 Å². The average Bonchev–Trinajstić information content (AvgIpc) is 2.72. The second-order valence-electron chi connectivity index (χ2n) is 4.57. The highest BCUT2D eigenvalue weighted by atomic mass is 35.5. The van der Waals surface area contributed by atoms with E-state index in [-0.39, 0.29) is 5.84 Å². The minimum atomic E-state index is -1.42. The van der Waals surface area contributed by atoms with E-state index >= 15 is 0 Å². The third kappa shape index (κ3) is 1.84. The van der Waals surface area contributed by atoms with E-state index in [0.717, 1.165) is 10.5 Å². The molecule has 0 saturated heterocycles. The molecule has 0 aliphatic carbocycles. The molecule has 0 bridgehead atoms. The zero-order chi connectivity index (χ0) is 14.3. The van der Waals surface area contributed by atoms with Gasteiger partial charge in [0.2, 0.25) is 0 Å². The quantitative estimate of drug-likeness (QED) is 0.837. The van der Waals surface area contributed by atoms with E-state index in [2.05, 4.69) is 4.99 Å². The SMILES string of the molecule is CSc1ccccc1C1(O)C(N)=Nc2ccc(Cl)cc21. The first-order valence-electron chi connectivity index (χ1n) is 6.08. The van der Waals surface area contributed by atoms with Crippen molar-refractivity contribution in [1.29, 1.82) is 0 Å². The summed E-state index contributed by atoms with van der Waals surface area (Å²) in [4.78, 5) is 5.23. The first-order valence-corrected chi connectivity index (χ1v) is 7.68. The molecule has 0 amide bonds. The van der Waals surface area contributed by atoms with E-state index in [4.69, 9.17) is 17.3 Å². The van der Waals surface area contributed by atoms with E-state index in [1.54, 1.807) is 30.0 Å². The molecular formula is C15H13ClN2OS. The van der Waals surface area contributed by atoms with Gasteiger partial charge in [-0.05, 0) is 30.5 Å². The van der Waals surface area contributed by atoms with Crippen LogP contribution in [0.1, 0.15) is 11.1 Å². The lowest BCUT2D eigenvalue weighted by Crippen LogP contribution is -2.40. The Morgan fingerprint density at radius 3 is 2.70 bits per heavy atom. The van der Waals surface area contributed by atoms with Crippen LogP contribution in [0.2, 0.25) is 5.02 Å². The maximum Gasteiger partial charge on any atom is 0.175 e. The Hall–Kier alpha value is -1.49. The molecule has 102 valence electrons. The highest BCUT2D eigenvalue weighted by molar-refractivity contribution is 7.98. The van der Waals surface area contributed by atoms with Gasteiger partial charge in [-0.1, -0.05) is 29.8 Å². The van der Waals surface area contributed by atoms with Gasteiger partial charge in [0.05, 0.1) is 5.69 Å². The molecule has 3 rings (SSSR count). The lowest BCUT2D eigenvalue weighted by Gasteiger charge is -2.26. The van der Waals surface area contributed by atoms with Crippen molar-refractivity contribution in [1.82, 2.24) is 0 Å². The molecule has 2 aromatic rings. The van der Waals surface area contributed by atoms with Crippen molar-refractivity contribution in [3.05, 3.63) is 58.6 Å². The summed E-state index contributed by atoms with van der Waals surface area (Å²) in [6.45, 7) is 0. The van der Waals surface area contributed by atoms with Gasteiger partial charge in [-0.15, -0.1) is 11.8 Å². The van der Waals surface area contributed by atoms with Crippen molar-refractivity contribution in [3.63, 3.8) is 0 Å². The molecule has 3 nitrogen and oxygen atoms in total. The van der Waals surface area contributed by atoms with Gasteiger partial charge in [0.15, 0.2) is 5.60 Å². The van der Waals surface area contributed by atoms with Crippen molar-refractivity contribution < 1.29 is 5.11 Å². The van der Waals surface area contributed by atoms with Crippen LogP contribution in [0, 0.1) is 0 Å². The number of nitrogens with zero attached hydrogens (tertiary/aromatic N) is 1. The number of halogens is 1. The zero-order valence-electron chi connectivity index (χ0n) is 10.8. The molecule has 0 fully saturated rings. The minimum absolute atomic E-state index is 0.177. The number of hydrogen-bond acceptors (Lipinski definition) is 4. The smallest absolute Gasteiger partial charge is 0.175 e. The molecule has 0 radical (unpaired) electrons. The minimum Gasteiger partial charge on any atom is -0.384 e. The third-order valence-electron chi connectivity index (χ3n) is 3.46. The molecule has 1 atom stereocenters. The number of nitrogens with two attached hydrogens (primary N) is 1. The van der Waals surface area contributed by atoms with Crippen LogP contribution >= 0.6 is 23.4 Å². The molecule has 1 aliphatic rings. The zero-order valence-corrected chi connectivity index (χ0v) is 12.4. The van der Waals surface area contributed by atoms with Crippen LogP contribution in [0.5, 0.6) is 0 Å². The third-order valence-corrected chi connectivity index (χ3v) is 4.49. The van der Waals surface area contributed by atoms with Gasteiger partial charge in [0.1, 0.15) is 5.84 Å². The van der Waals surface area contributed by atoms with Crippen LogP contribution in [0.4, 0.5) is 5.69 Å². The Labute approximate surface area is 126 Å². The van der Waals surface area contributed by atoms with Gasteiger partial charge in [-0.3, -0.25) is 0 Å². The Morgan fingerprint density at radius 1 is 1.20 bits per heavy atom. The summed E-state index contributed by atoms with van der Waals surface area (Å²) in [5, 5.41) is 11.7. The molecular weight excluding hydrogens is 292 g/mol. The largest absolute Gasteiger partial charge is 0.384 e. The van der Waals surface area contributed by atoms with Crippen molar-refractivity contribution in [2.24, 2.45) is 10.7 Å². The number of thioether (sulfide) groups is 1. The maximum absolute atomic E-state index is 11.2. The topological polar surface area (TPSA) is 58.6 Å². The van der Waals surface area contributed by atoms with Gasteiger partial charge in [-0.2, -0.15) is 0 Å². The van der Waals surface area contributed by atoms with Gasteiger partial charge >= 0.3 is 0 Å². The summed E-state index contributed by atoms with van der Waals surface area (Å²) >= 11 is 7.61. The molecule has 2 aromatic carbocycles. The monoisotopic (exact) mass is 304 g/mol. The number of aliphatic imine (C=N–C) groups is 1. The molecule has 0 aromatic heterocycles. The van der Waals surface area contributed by atoms with E-state index in [0.29, 0.717) is 16.3 Å². The van der Waals surface area contributed by atoms with E-state index < -0.39 is 5.60 Å². The molecule has 5 heteroatoms. The molecule has 20 heavy (non-hydrogen) atoms. The molecule has 1 aliphatic heterocycles. The fraction of sp³-hybridized carbons (Fsp3) is 0.133. The standard InChI is InChI=1S/C15H13ClN2OS/c1-20-13-5-3-2-4-10(13)15(19)11-8-9(16)6-7-12(11)18-14(15)17/h2-8,19H,1H3,(H2,17,18). The Morgan fingerprint density at radius 2 is 1.95 bits per heavy atom. The summed E-state index contributed by atoms with van der Waals surface area (Å²) in [7, 11) is 0. The van der Waals surface area contributed by atoms with Crippen LogP contribution in [0.15, 0.2) is 52.4 Å². The number of rotatable bonds is 2. The predicted molar refractivity (Wildman–Crippen MR) is 84.0 cm³/mol. The lowest BCUT2D eigenvalue weighted by molar-refractivity contribution is 0.155. The normalized spacial score (nSPS) is 20.6. The maximum atomic E-state index is 11.2. The fourth-order valence-electron chi connectivity index (χ4n) is 2.47. The Kier molecular flexibility index (Phi) is 3.24. The van der Waals surface area contributed by atoms with Gasteiger partial charge in [0, 0.05) is 21.0 Å². The molecule has 1 heterocycles. The summed E-state index contributed by atoms with van der Waals surface area (Å²) in [5.74, 6) is 0.177. The Balaban J connectivity index is 2.28. The van der Waals surface area contributed by atoms with Crippen molar-refractivity contribution >= 4 is 34.9 Å². The van der Waals surface area contributed by atoms with E-state index in [1.807, 2.05) is 30.5 Å². The van der Waals surface area contributed by atoms with Crippen LogP contribution in [-0.4, -0.2) is 17.2 Å². The van der Waals surface area contributed by atoms with Crippen LogP contribution in [0.25, 0.3) is 0 Å². The number of aliphatic hydroxyl groups is 1. The lowest BCUT2D eigenvalue weighted by atomic mass is 9.86. The highest BCUT2D eigenvalue weighted by Gasteiger charge is 2.43. The first-order chi connectivity index (χ1) is 9.57. The number of benzene rings is 2.